The van der Waals surface area contributed by atoms with Crippen LogP contribution in [-0.4, -0.2) is 4.92 Å². The van der Waals surface area contributed by atoms with Gasteiger partial charge in [-0.15, -0.1) is 0 Å². The Morgan fingerprint density at radius 3 is 2.29 bits per heavy atom. The molecule has 0 aliphatic heterocycles. The Morgan fingerprint density at radius 1 is 1.43 bits per heavy atom. The van der Waals surface area contributed by atoms with Gasteiger partial charge in [-0.2, -0.15) is 0 Å². The van der Waals surface area contributed by atoms with Gasteiger partial charge in [-0.1, -0.05) is 35.0 Å². The molecule has 1 rings (SSSR count). The van der Waals surface area contributed by atoms with Gasteiger partial charge in [0.05, 0.1) is 4.92 Å². The van der Waals surface area contributed by atoms with Crippen molar-refractivity contribution >= 4 is 21.6 Å². The third kappa shape index (κ3) is 2.32. The number of non-ortho nitro benzene ring substituents is 1. The first-order valence-corrected chi connectivity index (χ1v) is 5.20. The largest absolute Gasteiger partial charge is 0.269 e. The minimum atomic E-state index is -0.388. The highest BCUT2D eigenvalue weighted by molar-refractivity contribution is 9.09. The molecule has 0 saturated heterocycles. The zero-order valence-electron chi connectivity index (χ0n) is 8.16. The number of hydrogen-bond donors (Lipinski definition) is 0. The monoisotopic (exact) mass is 257 g/mol. The summed E-state index contributed by atoms with van der Waals surface area (Å²) in [6.07, 6.45) is 0.935. The summed E-state index contributed by atoms with van der Waals surface area (Å²) in [6.45, 7) is 4.12. The van der Waals surface area contributed by atoms with Crippen molar-refractivity contribution in [3.63, 3.8) is 0 Å². The van der Waals surface area contributed by atoms with E-state index in [1.54, 1.807) is 12.1 Å². The van der Waals surface area contributed by atoms with Gasteiger partial charge in [0.15, 0.2) is 0 Å². The zero-order chi connectivity index (χ0) is 10.8. The lowest BCUT2D eigenvalue weighted by molar-refractivity contribution is -0.384. The molecule has 1 aromatic rings. The number of benzene rings is 1. The average molecular weight is 258 g/mol. The smallest absolute Gasteiger partial charge is 0.258 e. The van der Waals surface area contributed by atoms with Crippen molar-refractivity contribution in [3.05, 3.63) is 39.9 Å². The highest BCUT2D eigenvalue weighted by Crippen LogP contribution is 2.34. The van der Waals surface area contributed by atoms with Gasteiger partial charge in [0.2, 0.25) is 0 Å². The summed E-state index contributed by atoms with van der Waals surface area (Å²) >= 11 is 3.58. The Kier molecular flexibility index (Phi) is 3.26. The van der Waals surface area contributed by atoms with Crippen LogP contribution in [0.1, 0.15) is 25.8 Å². The molecule has 0 spiro atoms. The molecule has 76 valence electrons. The van der Waals surface area contributed by atoms with Crippen LogP contribution in [0.4, 0.5) is 5.69 Å². The van der Waals surface area contributed by atoms with Crippen molar-refractivity contribution in [1.82, 2.24) is 0 Å². The van der Waals surface area contributed by atoms with Crippen molar-refractivity contribution in [2.24, 2.45) is 0 Å². The van der Waals surface area contributed by atoms with Crippen LogP contribution in [0.3, 0.4) is 0 Å². The molecule has 3 nitrogen and oxygen atoms in total. The maximum absolute atomic E-state index is 10.4. The maximum Gasteiger partial charge on any atom is 0.269 e. The van der Waals surface area contributed by atoms with Gasteiger partial charge in [0.25, 0.3) is 5.69 Å². The van der Waals surface area contributed by atoms with Crippen LogP contribution in [0.25, 0.3) is 0 Å². The Morgan fingerprint density at radius 2 is 1.93 bits per heavy atom. The third-order valence-corrected chi connectivity index (χ3v) is 3.36. The standard InChI is InChI=1S/C10H12BrNO2/c1-3-10(2,11)8-4-6-9(7-5-8)12(13)14/h4-7H,3H2,1-2H3. The van der Waals surface area contributed by atoms with Gasteiger partial charge < -0.3 is 0 Å². The zero-order valence-corrected chi connectivity index (χ0v) is 9.74. The van der Waals surface area contributed by atoms with Crippen LogP contribution in [0, 0.1) is 10.1 Å². The van der Waals surface area contributed by atoms with Gasteiger partial charge in [-0.3, -0.25) is 10.1 Å². The SMILES string of the molecule is CCC(C)(Br)c1ccc([N+](=O)[O-])cc1. The normalized spacial score (nSPS) is 14.8. The number of nitro groups is 1. The maximum atomic E-state index is 10.4. The first-order chi connectivity index (χ1) is 6.47. The highest BCUT2D eigenvalue weighted by atomic mass is 79.9. The van der Waals surface area contributed by atoms with Crippen molar-refractivity contribution in [2.45, 2.75) is 24.6 Å². The molecule has 0 N–H and O–H groups in total. The molecule has 1 aromatic carbocycles. The summed E-state index contributed by atoms with van der Waals surface area (Å²) in [5.74, 6) is 0. The van der Waals surface area contributed by atoms with E-state index in [0.717, 1.165) is 12.0 Å². The van der Waals surface area contributed by atoms with Crippen LogP contribution in [0.15, 0.2) is 24.3 Å². The number of halogens is 1. The quantitative estimate of drug-likeness (QED) is 0.472. The fourth-order valence-electron chi connectivity index (χ4n) is 1.13. The Bertz CT molecular complexity index is 332. The van der Waals surface area contributed by atoms with Crippen LogP contribution in [0.2, 0.25) is 0 Å². The molecule has 0 radical (unpaired) electrons. The molecular formula is C10H12BrNO2. The van der Waals surface area contributed by atoms with Gasteiger partial charge in [-0.25, -0.2) is 0 Å². The van der Waals surface area contributed by atoms with E-state index in [9.17, 15) is 10.1 Å². The summed E-state index contributed by atoms with van der Waals surface area (Å²) in [4.78, 5) is 10.0. The second kappa shape index (κ2) is 4.09. The number of nitro benzene ring substituents is 1. The van der Waals surface area contributed by atoms with Crippen LogP contribution < -0.4 is 0 Å². The van der Waals surface area contributed by atoms with E-state index in [1.807, 2.05) is 6.92 Å². The Balaban J connectivity index is 2.99. The minimum Gasteiger partial charge on any atom is -0.258 e. The molecule has 0 aliphatic rings. The molecule has 0 amide bonds. The van der Waals surface area contributed by atoms with Crippen LogP contribution in [0.5, 0.6) is 0 Å². The van der Waals surface area contributed by atoms with Crippen molar-refractivity contribution in [3.8, 4) is 0 Å². The lowest BCUT2D eigenvalue weighted by Crippen LogP contribution is -2.10. The van der Waals surface area contributed by atoms with E-state index in [2.05, 4.69) is 22.9 Å². The summed E-state index contributed by atoms with van der Waals surface area (Å²) in [7, 11) is 0. The van der Waals surface area contributed by atoms with E-state index in [-0.39, 0.29) is 14.9 Å². The van der Waals surface area contributed by atoms with Gasteiger partial charge in [0.1, 0.15) is 0 Å². The Labute approximate surface area is 91.4 Å². The predicted octanol–water partition coefficient (Wildman–Crippen LogP) is 3.61. The van der Waals surface area contributed by atoms with Gasteiger partial charge in [-0.05, 0) is 18.9 Å². The summed E-state index contributed by atoms with van der Waals surface area (Å²) in [6, 6.07) is 6.64. The fourth-order valence-corrected chi connectivity index (χ4v) is 1.40. The first kappa shape index (κ1) is 11.2. The first-order valence-electron chi connectivity index (χ1n) is 4.41. The van der Waals surface area contributed by atoms with E-state index >= 15 is 0 Å². The highest BCUT2D eigenvalue weighted by Gasteiger charge is 2.20. The van der Waals surface area contributed by atoms with E-state index in [0.29, 0.717) is 0 Å². The molecule has 1 unspecified atom stereocenters. The fraction of sp³-hybridized carbons (Fsp3) is 0.400. The average Bonchev–Trinajstić information content (AvgIpc) is 2.18. The minimum absolute atomic E-state index is 0.0951. The number of rotatable bonds is 3. The van der Waals surface area contributed by atoms with Crippen molar-refractivity contribution < 1.29 is 4.92 Å². The molecule has 0 fully saturated rings. The Hall–Kier alpha value is -0.900. The molecule has 0 bridgehead atoms. The van der Waals surface area contributed by atoms with Crippen molar-refractivity contribution in [1.29, 1.82) is 0 Å². The predicted molar refractivity (Wildman–Crippen MR) is 59.7 cm³/mol. The molecule has 0 aliphatic carbocycles. The summed E-state index contributed by atoms with van der Waals surface area (Å²) < 4.78 is -0.0951. The van der Waals surface area contributed by atoms with Gasteiger partial charge in [0, 0.05) is 16.5 Å². The number of nitrogens with zero attached hydrogens (tertiary/aromatic N) is 1. The number of alkyl halides is 1. The molecule has 0 aromatic heterocycles. The van der Waals surface area contributed by atoms with Crippen LogP contribution in [-0.2, 0) is 4.32 Å². The molecule has 1 atom stereocenters. The van der Waals surface area contributed by atoms with Crippen molar-refractivity contribution in [2.75, 3.05) is 0 Å². The summed E-state index contributed by atoms with van der Waals surface area (Å²) in [5, 5.41) is 10.4. The summed E-state index contributed by atoms with van der Waals surface area (Å²) in [5.41, 5.74) is 1.19. The molecule has 4 heteroatoms. The molecule has 14 heavy (non-hydrogen) atoms. The van der Waals surface area contributed by atoms with E-state index in [1.165, 1.54) is 12.1 Å². The van der Waals surface area contributed by atoms with E-state index < -0.39 is 0 Å². The topological polar surface area (TPSA) is 43.1 Å². The lowest BCUT2D eigenvalue weighted by Gasteiger charge is -2.20. The van der Waals surface area contributed by atoms with Gasteiger partial charge >= 0.3 is 0 Å². The van der Waals surface area contributed by atoms with Crippen LogP contribution >= 0.6 is 15.9 Å². The number of hydrogen-bond acceptors (Lipinski definition) is 2. The molecule has 0 heterocycles. The van der Waals surface area contributed by atoms with E-state index in [4.69, 9.17) is 0 Å². The second-order valence-electron chi connectivity index (χ2n) is 3.35. The molecular weight excluding hydrogens is 246 g/mol. The molecule has 0 saturated carbocycles. The lowest BCUT2D eigenvalue weighted by atomic mass is 9.98. The third-order valence-electron chi connectivity index (χ3n) is 2.34. The second-order valence-corrected chi connectivity index (χ2v) is 5.11.